The molecular formula is C18H18N6O. The number of hydrogen-bond acceptors (Lipinski definition) is 5. The predicted molar refractivity (Wildman–Crippen MR) is 93.2 cm³/mol. The van der Waals surface area contributed by atoms with Crippen molar-refractivity contribution in [1.29, 1.82) is 0 Å². The Kier molecular flexibility index (Phi) is 3.19. The van der Waals surface area contributed by atoms with Gasteiger partial charge in [0.05, 0.1) is 5.52 Å². The van der Waals surface area contributed by atoms with Crippen LogP contribution in [0, 0.1) is 11.8 Å². The molecule has 126 valence electrons. The minimum atomic E-state index is 0.0226. The molecule has 4 heterocycles. The van der Waals surface area contributed by atoms with Gasteiger partial charge in [0.1, 0.15) is 0 Å². The fourth-order valence-corrected chi connectivity index (χ4v) is 4.05. The van der Waals surface area contributed by atoms with Crippen LogP contribution in [0.3, 0.4) is 0 Å². The van der Waals surface area contributed by atoms with E-state index in [2.05, 4.69) is 25.1 Å². The summed E-state index contributed by atoms with van der Waals surface area (Å²) in [5.41, 5.74) is 1.43. The summed E-state index contributed by atoms with van der Waals surface area (Å²) in [7, 11) is 0. The highest BCUT2D eigenvalue weighted by molar-refractivity contribution is 6.04. The number of fused-ring (bicyclic) bond motifs is 2. The third kappa shape index (κ3) is 2.34. The number of likely N-dealkylation sites (tertiary alicyclic amines) is 1. The molecular weight excluding hydrogens is 316 g/mol. The number of aromatic amines is 1. The van der Waals surface area contributed by atoms with E-state index in [1.165, 1.54) is 0 Å². The van der Waals surface area contributed by atoms with Crippen LogP contribution in [0.25, 0.3) is 10.9 Å². The van der Waals surface area contributed by atoms with Gasteiger partial charge in [-0.3, -0.25) is 9.89 Å². The molecule has 2 aromatic heterocycles. The summed E-state index contributed by atoms with van der Waals surface area (Å²) in [6.45, 7) is 3.35. The molecule has 2 unspecified atom stereocenters. The topological polar surface area (TPSA) is 78.0 Å². The number of amides is 1. The molecule has 0 aliphatic carbocycles. The van der Waals surface area contributed by atoms with Gasteiger partial charge in [0.2, 0.25) is 5.95 Å². The van der Waals surface area contributed by atoms with Crippen molar-refractivity contribution in [3.63, 3.8) is 0 Å². The number of carbonyl (C=O) groups excluding carboxylic acids is 1. The summed E-state index contributed by atoms with van der Waals surface area (Å²) in [5, 5.41) is 8.09. The van der Waals surface area contributed by atoms with Crippen LogP contribution < -0.4 is 4.90 Å². The lowest BCUT2D eigenvalue weighted by Crippen LogP contribution is -2.34. The molecule has 2 fully saturated rings. The molecule has 1 amide bonds. The van der Waals surface area contributed by atoms with E-state index in [1.807, 2.05) is 35.2 Å². The van der Waals surface area contributed by atoms with Gasteiger partial charge in [-0.1, -0.05) is 18.2 Å². The van der Waals surface area contributed by atoms with Gasteiger partial charge in [0.25, 0.3) is 5.91 Å². The van der Waals surface area contributed by atoms with E-state index in [-0.39, 0.29) is 5.91 Å². The third-order valence-corrected chi connectivity index (χ3v) is 5.28. The highest BCUT2D eigenvalue weighted by Crippen LogP contribution is 2.33. The number of benzene rings is 1. The minimum absolute atomic E-state index is 0.0226. The fraction of sp³-hybridized carbons (Fsp3) is 0.333. The van der Waals surface area contributed by atoms with Crippen molar-refractivity contribution in [3.05, 3.63) is 48.4 Å². The Labute approximate surface area is 144 Å². The van der Waals surface area contributed by atoms with Crippen molar-refractivity contribution >= 4 is 22.8 Å². The van der Waals surface area contributed by atoms with Crippen molar-refractivity contribution in [1.82, 2.24) is 25.1 Å². The Morgan fingerprint density at radius 1 is 1.00 bits per heavy atom. The lowest BCUT2D eigenvalue weighted by molar-refractivity contribution is 0.0778. The molecule has 7 heteroatoms. The molecule has 3 aromatic rings. The second-order valence-electron chi connectivity index (χ2n) is 6.80. The van der Waals surface area contributed by atoms with Crippen LogP contribution in [0.15, 0.2) is 42.7 Å². The van der Waals surface area contributed by atoms with Crippen LogP contribution in [-0.4, -0.2) is 57.2 Å². The Morgan fingerprint density at radius 3 is 2.48 bits per heavy atom. The maximum atomic E-state index is 12.9. The lowest BCUT2D eigenvalue weighted by atomic mass is 10.0. The van der Waals surface area contributed by atoms with Gasteiger partial charge >= 0.3 is 0 Å². The number of aromatic nitrogens is 4. The second kappa shape index (κ2) is 5.54. The van der Waals surface area contributed by atoms with E-state index in [4.69, 9.17) is 0 Å². The fourth-order valence-electron chi connectivity index (χ4n) is 4.05. The number of nitrogens with zero attached hydrogens (tertiary/aromatic N) is 5. The van der Waals surface area contributed by atoms with Crippen LogP contribution in [0.4, 0.5) is 5.95 Å². The van der Waals surface area contributed by atoms with Gasteiger partial charge in [0, 0.05) is 55.8 Å². The summed E-state index contributed by atoms with van der Waals surface area (Å²) >= 11 is 0. The summed E-state index contributed by atoms with van der Waals surface area (Å²) in [6, 6.07) is 9.59. The summed E-state index contributed by atoms with van der Waals surface area (Å²) in [5.74, 6) is 1.75. The summed E-state index contributed by atoms with van der Waals surface area (Å²) < 4.78 is 0. The monoisotopic (exact) mass is 334 g/mol. The average molecular weight is 334 g/mol. The van der Waals surface area contributed by atoms with E-state index >= 15 is 0 Å². The molecule has 25 heavy (non-hydrogen) atoms. The van der Waals surface area contributed by atoms with Gasteiger partial charge in [-0.15, -0.1) is 0 Å². The maximum absolute atomic E-state index is 12.9. The van der Waals surface area contributed by atoms with E-state index in [0.29, 0.717) is 17.5 Å². The lowest BCUT2D eigenvalue weighted by Gasteiger charge is -2.21. The number of rotatable bonds is 2. The number of para-hydroxylation sites is 1. The van der Waals surface area contributed by atoms with Crippen molar-refractivity contribution < 1.29 is 4.79 Å². The largest absolute Gasteiger partial charge is 0.340 e. The molecule has 1 aromatic carbocycles. The molecule has 7 nitrogen and oxygen atoms in total. The van der Waals surface area contributed by atoms with Crippen LogP contribution in [0.5, 0.6) is 0 Å². The molecule has 2 aliphatic rings. The smallest absolute Gasteiger partial charge is 0.275 e. The van der Waals surface area contributed by atoms with Crippen LogP contribution >= 0.6 is 0 Å². The van der Waals surface area contributed by atoms with E-state index < -0.39 is 0 Å². The highest BCUT2D eigenvalue weighted by atomic mass is 16.2. The Morgan fingerprint density at radius 2 is 1.72 bits per heavy atom. The van der Waals surface area contributed by atoms with E-state index in [9.17, 15) is 4.79 Å². The quantitative estimate of drug-likeness (QED) is 0.769. The van der Waals surface area contributed by atoms with Crippen LogP contribution in [0.1, 0.15) is 10.5 Å². The first-order valence-electron chi connectivity index (χ1n) is 8.54. The van der Waals surface area contributed by atoms with Crippen LogP contribution in [-0.2, 0) is 0 Å². The first kappa shape index (κ1) is 14.4. The maximum Gasteiger partial charge on any atom is 0.275 e. The van der Waals surface area contributed by atoms with E-state index in [1.54, 1.807) is 12.4 Å². The molecule has 5 rings (SSSR count). The molecule has 1 N–H and O–H groups in total. The highest BCUT2D eigenvalue weighted by Gasteiger charge is 2.42. The van der Waals surface area contributed by atoms with Gasteiger partial charge in [-0.25, -0.2) is 9.97 Å². The van der Waals surface area contributed by atoms with Crippen molar-refractivity contribution in [2.24, 2.45) is 11.8 Å². The second-order valence-corrected chi connectivity index (χ2v) is 6.80. The van der Waals surface area contributed by atoms with Gasteiger partial charge in [-0.2, -0.15) is 5.10 Å². The number of hydrogen-bond donors (Lipinski definition) is 1. The molecule has 2 saturated heterocycles. The van der Waals surface area contributed by atoms with Gasteiger partial charge in [-0.05, 0) is 12.1 Å². The summed E-state index contributed by atoms with van der Waals surface area (Å²) in [6.07, 6.45) is 3.55. The number of anilines is 1. The van der Waals surface area contributed by atoms with E-state index in [0.717, 1.165) is 43.0 Å². The minimum Gasteiger partial charge on any atom is -0.340 e. The van der Waals surface area contributed by atoms with Crippen molar-refractivity contribution in [2.45, 2.75) is 0 Å². The zero-order chi connectivity index (χ0) is 16.8. The standard InChI is InChI=1S/C18H18N6O/c25-17(16-14-4-1-2-5-15(14)21-22-16)23-8-12-10-24(11-13(12)9-23)18-19-6-3-7-20-18/h1-7,12-13H,8-11H2,(H,21,22). The molecule has 0 radical (unpaired) electrons. The number of H-pyrrole nitrogens is 1. The van der Waals surface area contributed by atoms with Crippen LogP contribution in [0.2, 0.25) is 0 Å². The first-order chi connectivity index (χ1) is 12.3. The Balaban J connectivity index is 1.32. The van der Waals surface area contributed by atoms with Gasteiger partial charge < -0.3 is 9.80 Å². The van der Waals surface area contributed by atoms with Crippen molar-refractivity contribution in [3.8, 4) is 0 Å². The number of carbonyl (C=O) groups is 1. The normalized spacial score (nSPS) is 22.6. The average Bonchev–Trinajstić information content (AvgIpc) is 3.34. The predicted octanol–water partition coefficient (Wildman–Crippen LogP) is 1.56. The first-order valence-corrected chi connectivity index (χ1v) is 8.54. The van der Waals surface area contributed by atoms with Gasteiger partial charge in [0.15, 0.2) is 5.69 Å². The summed E-state index contributed by atoms with van der Waals surface area (Å²) in [4.78, 5) is 25.8. The zero-order valence-corrected chi connectivity index (χ0v) is 13.7. The SMILES string of the molecule is O=C(c1n[nH]c2ccccc12)N1CC2CN(c3ncccn3)CC2C1. The Hall–Kier alpha value is -2.96. The third-order valence-electron chi connectivity index (χ3n) is 5.28. The van der Waals surface area contributed by atoms with Crippen molar-refractivity contribution in [2.75, 3.05) is 31.1 Å². The molecule has 0 spiro atoms. The molecule has 0 bridgehead atoms. The zero-order valence-electron chi connectivity index (χ0n) is 13.7. The molecule has 2 aliphatic heterocycles. The number of nitrogens with one attached hydrogen (secondary N) is 1. The molecule has 2 atom stereocenters. The molecule has 0 saturated carbocycles. The Bertz CT molecular complexity index is 909.